The molecule has 4 rings (SSSR count). The molecule has 7 nitrogen and oxygen atoms in total. The van der Waals surface area contributed by atoms with Crippen LogP contribution < -0.4 is 10.4 Å². The SMILES string of the molecule is CCn1c(SCc2cc(=O)oc3c(C)c(O)ccc23)nnc1-c1ccccc1OC. The third-order valence-corrected chi connectivity index (χ3v) is 5.97. The summed E-state index contributed by atoms with van der Waals surface area (Å²) in [6.07, 6.45) is 0. The maximum Gasteiger partial charge on any atom is 0.336 e. The van der Waals surface area contributed by atoms with E-state index in [2.05, 4.69) is 10.2 Å². The number of aryl methyl sites for hydroxylation is 1. The van der Waals surface area contributed by atoms with E-state index in [4.69, 9.17) is 9.15 Å². The Balaban J connectivity index is 1.70. The van der Waals surface area contributed by atoms with Gasteiger partial charge in [-0.3, -0.25) is 0 Å². The second-order valence-corrected chi connectivity index (χ2v) is 7.66. The first-order valence-electron chi connectivity index (χ1n) is 9.48. The highest BCUT2D eigenvalue weighted by atomic mass is 32.2. The first-order chi connectivity index (χ1) is 14.5. The molecule has 0 saturated heterocycles. The van der Waals surface area contributed by atoms with Crippen LogP contribution in [0.2, 0.25) is 0 Å². The molecule has 2 aromatic heterocycles. The highest BCUT2D eigenvalue weighted by molar-refractivity contribution is 7.98. The Hall–Kier alpha value is -3.26. The normalized spacial score (nSPS) is 11.2. The topological polar surface area (TPSA) is 90.4 Å². The van der Waals surface area contributed by atoms with Crippen molar-refractivity contribution in [3.8, 4) is 22.9 Å². The van der Waals surface area contributed by atoms with Crippen molar-refractivity contribution in [2.45, 2.75) is 31.3 Å². The first-order valence-corrected chi connectivity index (χ1v) is 10.5. The minimum atomic E-state index is -0.446. The smallest absolute Gasteiger partial charge is 0.336 e. The minimum absolute atomic E-state index is 0.0997. The van der Waals surface area contributed by atoms with Crippen LogP contribution in [-0.2, 0) is 12.3 Å². The Morgan fingerprint density at radius 1 is 1.20 bits per heavy atom. The van der Waals surface area contributed by atoms with E-state index < -0.39 is 5.63 Å². The third-order valence-electron chi connectivity index (χ3n) is 4.96. The monoisotopic (exact) mass is 423 g/mol. The average Bonchev–Trinajstić information content (AvgIpc) is 3.17. The summed E-state index contributed by atoms with van der Waals surface area (Å²) in [7, 11) is 1.63. The quantitative estimate of drug-likeness (QED) is 0.363. The van der Waals surface area contributed by atoms with Gasteiger partial charge >= 0.3 is 5.63 Å². The molecule has 30 heavy (non-hydrogen) atoms. The molecule has 1 N–H and O–H groups in total. The standard InChI is InChI=1S/C22H21N3O4S/c1-4-25-21(16-7-5-6-8-18(16)28-3)23-24-22(25)30-12-14-11-19(27)29-20-13(2)17(26)10-9-15(14)20/h5-11,26H,4,12H2,1-3H3. The van der Waals surface area contributed by atoms with Crippen LogP contribution >= 0.6 is 11.8 Å². The van der Waals surface area contributed by atoms with Gasteiger partial charge in [0.1, 0.15) is 17.1 Å². The molecule has 0 radical (unpaired) electrons. The largest absolute Gasteiger partial charge is 0.508 e. The van der Waals surface area contributed by atoms with Gasteiger partial charge in [-0.25, -0.2) is 4.79 Å². The fourth-order valence-corrected chi connectivity index (χ4v) is 4.38. The van der Waals surface area contributed by atoms with Gasteiger partial charge in [-0.2, -0.15) is 0 Å². The van der Waals surface area contributed by atoms with Gasteiger partial charge in [-0.05, 0) is 43.7 Å². The zero-order chi connectivity index (χ0) is 21.3. The summed E-state index contributed by atoms with van der Waals surface area (Å²) < 4.78 is 12.8. The number of aromatic hydroxyl groups is 1. The molecule has 0 saturated carbocycles. The highest BCUT2D eigenvalue weighted by Crippen LogP contribution is 2.33. The molecule has 0 aliphatic rings. The molecule has 0 unspecified atom stereocenters. The summed E-state index contributed by atoms with van der Waals surface area (Å²) in [5.41, 5.74) is 2.20. The van der Waals surface area contributed by atoms with Gasteiger partial charge in [0, 0.05) is 29.3 Å². The number of benzene rings is 2. The number of hydrogen-bond donors (Lipinski definition) is 1. The molecule has 0 fully saturated rings. The van der Waals surface area contributed by atoms with Crippen molar-refractivity contribution >= 4 is 22.7 Å². The van der Waals surface area contributed by atoms with Crippen LogP contribution in [0.1, 0.15) is 18.1 Å². The van der Waals surface area contributed by atoms with Crippen molar-refractivity contribution < 1.29 is 14.3 Å². The van der Waals surface area contributed by atoms with Gasteiger partial charge in [0.25, 0.3) is 0 Å². The number of hydrogen-bond acceptors (Lipinski definition) is 7. The summed E-state index contributed by atoms with van der Waals surface area (Å²) in [5, 5.41) is 20.2. The van der Waals surface area contributed by atoms with E-state index in [-0.39, 0.29) is 5.75 Å². The number of thioether (sulfide) groups is 1. The molecule has 0 bridgehead atoms. The maximum atomic E-state index is 12.1. The van der Waals surface area contributed by atoms with E-state index >= 15 is 0 Å². The number of methoxy groups -OCH3 is 1. The third kappa shape index (κ3) is 3.54. The predicted octanol–water partition coefficient (Wildman–Crippen LogP) is 4.39. The van der Waals surface area contributed by atoms with E-state index in [0.717, 1.165) is 33.2 Å². The van der Waals surface area contributed by atoms with E-state index in [9.17, 15) is 9.90 Å². The minimum Gasteiger partial charge on any atom is -0.508 e. The van der Waals surface area contributed by atoms with Crippen LogP contribution in [0.3, 0.4) is 0 Å². The van der Waals surface area contributed by atoms with E-state index in [1.807, 2.05) is 35.8 Å². The van der Waals surface area contributed by atoms with Crippen molar-refractivity contribution in [1.29, 1.82) is 0 Å². The van der Waals surface area contributed by atoms with Crippen LogP contribution in [0.15, 0.2) is 56.8 Å². The van der Waals surface area contributed by atoms with Gasteiger partial charge in [-0.1, -0.05) is 23.9 Å². The predicted molar refractivity (Wildman–Crippen MR) is 116 cm³/mol. The fourth-order valence-electron chi connectivity index (χ4n) is 3.39. The Morgan fingerprint density at radius 3 is 2.77 bits per heavy atom. The number of rotatable bonds is 6. The lowest BCUT2D eigenvalue weighted by Crippen LogP contribution is -2.03. The number of fused-ring (bicyclic) bond motifs is 1. The maximum absolute atomic E-state index is 12.1. The van der Waals surface area contributed by atoms with Crippen molar-refractivity contribution in [3.05, 3.63) is 64.0 Å². The molecule has 2 heterocycles. The molecule has 0 atom stereocenters. The number of nitrogens with zero attached hydrogens (tertiary/aromatic N) is 3. The molecular weight excluding hydrogens is 402 g/mol. The number of aromatic nitrogens is 3. The van der Waals surface area contributed by atoms with Crippen LogP contribution in [0.5, 0.6) is 11.5 Å². The van der Waals surface area contributed by atoms with E-state index in [1.165, 1.54) is 17.8 Å². The van der Waals surface area contributed by atoms with Gasteiger partial charge in [0.2, 0.25) is 0 Å². The lowest BCUT2D eigenvalue weighted by atomic mass is 10.1. The zero-order valence-electron chi connectivity index (χ0n) is 16.9. The summed E-state index contributed by atoms with van der Waals surface area (Å²) in [4.78, 5) is 12.1. The molecular formula is C22H21N3O4S. The second-order valence-electron chi connectivity index (χ2n) is 6.72. The molecule has 0 aliphatic heterocycles. The number of ether oxygens (including phenoxy) is 1. The molecule has 4 aromatic rings. The Bertz CT molecular complexity index is 1280. The van der Waals surface area contributed by atoms with E-state index in [0.29, 0.717) is 23.4 Å². The Kier molecular flexibility index (Phi) is 5.50. The van der Waals surface area contributed by atoms with Crippen LogP contribution in [0.4, 0.5) is 0 Å². The van der Waals surface area contributed by atoms with Crippen molar-refractivity contribution in [1.82, 2.24) is 14.8 Å². The lowest BCUT2D eigenvalue weighted by molar-refractivity contribution is 0.416. The highest BCUT2D eigenvalue weighted by Gasteiger charge is 2.17. The summed E-state index contributed by atoms with van der Waals surface area (Å²) in [6.45, 7) is 4.45. The average molecular weight is 423 g/mol. The molecule has 8 heteroatoms. The summed E-state index contributed by atoms with van der Waals surface area (Å²) >= 11 is 1.49. The molecule has 2 aromatic carbocycles. The van der Waals surface area contributed by atoms with Gasteiger partial charge in [0.05, 0.1) is 12.7 Å². The zero-order valence-corrected chi connectivity index (χ0v) is 17.7. The fraction of sp³-hybridized carbons (Fsp3) is 0.227. The van der Waals surface area contributed by atoms with Crippen molar-refractivity contribution in [2.24, 2.45) is 0 Å². The van der Waals surface area contributed by atoms with E-state index in [1.54, 1.807) is 26.2 Å². The molecule has 0 aliphatic carbocycles. The number of para-hydroxylation sites is 1. The molecule has 0 spiro atoms. The number of phenolic OH excluding ortho intramolecular Hbond substituents is 1. The van der Waals surface area contributed by atoms with Crippen LogP contribution in [0.25, 0.3) is 22.4 Å². The molecule has 154 valence electrons. The van der Waals surface area contributed by atoms with Gasteiger partial charge in [0.15, 0.2) is 11.0 Å². The summed E-state index contributed by atoms with van der Waals surface area (Å²) in [5.74, 6) is 2.08. The van der Waals surface area contributed by atoms with Gasteiger partial charge < -0.3 is 18.8 Å². The Labute approximate surface area is 177 Å². The van der Waals surface area contributed by atoms with Crippen LogP contribution in [-0.4, -0.2) is 27.0 Å². The van der Waals surface area contributed by atoms with Crippen molar-refractivity contribution in [2.75, 3.05) is 7.11 Å². The molecule has 0 amide bonds. The Morgan fingerprint density at radius 2 is 2.00 bits per heavy atom. The van der Waals surface area contributed by atoms with Gasteiger partial charge in [-0.15, -0.1) is 10.2 Å². The first kappa shape index (κ1) is 20.0. The van der Waals surface area contributed by atoms with Crippen molar-refractivity contribution in [3.63, 3.8) is 0 Å². The van der Waals surface area contributed by atoms with Crippen LogP contribution in [0, 0.1) is 6.92 Å². The summed E-state index contributed by atoms with van der Waals surface area (Å²) in [6, 6.07) is 12.6. The second kappa shape index (κ2) is 8.23. The number of phenols is 1. The lowest BCUT2D eigenvalue weighted by Gasteiger charge is -2.11.